The van der Waals surface area contributed by atoms with Crippen LogP contribution in [0.5, 0.6) is 0 Å². The maximum atomic E-state index is 11.2. The van der Waals surface area contributed by atoms with Gasteiger partial charge in [0.05, 0.1) is 0 Å². The Morgan fingerprint density at radius 3 is 2.47 bits per heavy atom. The van der Waals surface area contributed by atoms with Crippen LogP contribution >= 0.6 is 0 Å². The van der Waals surface area contributed by atoms with Crippen molar-refractivity contribution in [2.45, 2.75) is 51.6 Å². The van der Waals surface area contributed by atoms with Crippen molar-refractivity contribution in [3.8, 4) is 0 Å². The van der Waals surface area contributed by atoms with Gasteiger partial charge in [-0.05, 0) is 39.0 Å². The molecule has 0 spiro atoms. The van der Waals surface area contributed by atoms with Crippen LogP contribution in [0.15, 0.2) is 0 Å². The summed E-state index contributed by atoms with van der Waals surface area (Å²) in [6.45, 7) is 3.68. The third-order valence-corrected chi connectivity index (χ3v) is 3.34. The van der Waals surface area contributed by atoms with Gasteiger partial charge in [-0.25, -0.2) is 4.79 Å². The lowest BCUT2D eigenvalue weighted by Gasteiger charge is -2.33. The molecule has 2 amide bonds. The standard InChI is InChI=1S/C12H22N2O3/c1-12(2,17-11(14)16)7-8-4-3-5-9(6-8)10(13)15/h8-9H,3-7H2,1-2H3,(H2,13,15)(H2,14,16)/t8-,9+/m0/s1. The Morgan fingerprint density at radius 2 is 1.94 bits per heavy atom. The second-order valence-electron chi connectivity index (χ2n) is 5.52. The minimum absolute atomic E-state index is 0.0295. The van der Waals surface area contributed by atoms with Crippen molar-refractivity contribution in [3.63, 3.8) is 0 Å². The maximum Gasteiger partial charge on any atom is 0.405 e. The second-order valence-corrected chi connectivity index (χ2v) is 5.52. The Bertz CT molecular complexity index is 302. The smallest absolute Gasteiger partial charge is 0.405 e. The van der Waals surface area contributed by atoms with E-state index in [-0.39, 0.29) is 11.8 Å². The van der Waals surface area contributed by atoms with E-state index in [9.17, 15) is 9.59 Å². The summed E-state index contributed by atoms with van der Waals surface area (Å²) < 4.78 is 5.06. The first-order chi connectivity index (χ1) is 7.80. The zero-order valence-corrected chi connectivity index (χ0v) is 10.6. The predicted molar refractivity (Wildman–Crippen MR) is 64.0 cm³/mol. The van der Waals surface area contributed by atoms with Crippen LogP contribution in [0.25, 0.3) is 0 Å². The Kier molecular flexibility index (Phi) is 4.37. The van der Waals surface area contributed by atoms with E-state index >= 15 is 0 Å². The van der Waals surface area contributed by atoms with Gasteiger partial charge in [-0.15, -0.1) is 0 Å². The molecule has 0 aromatic carbocycles. The third-order valence-electron chi connectivity index (χ3n) is 3.34. The molecule has 0 saturated heterocycles. The van der Waals surface area contributed by atoms with Crippen LogP contribution in [0, 0.1) is 11.8 Å². The van der Waals surface area contributed by atoms with Crippen LogP contribution in [0.2, 0.25) is 0 Å². The molecule has 0 aliphatic heterocycles. The predicted octanol–water partition coefficient (Wildman–Crippen LogP) is 1.54. The van der Waals surface area contributed by atoms with Crippen molar-refractivity contribution in [1.29, 1.82) is 0 Å². The molecule has 98 valence electrons. The van der Waals surface area contributed by atoms with Gasteiger partial charge in [-0.1, -0.05) is 12.8 Å². The number of hydrogen-bond acceptors (Lipinski definition) is 3. The highest BCUT2D eigenvalue weighted by molar-refractivity contribution is 5.76. The van der Waals surface area contributed by atoms with Gasteiger partial charge < -0.3 is 16.2 Å². The summed E-state index contributed by atoms with van der Waals surface area (Å²) in [5.41, 5.74) is 9.78. The Morgan fingerprint density at radius 1 is 1.29 bits per heavy atom. The highest BCUT2D eigenvalue weighted by Crippen LogP contribution is 2.35. The Labute approximate surface area is 102 Å². The quantitative estimate of drug-likeness (QED) is 0.782. The fraction of sp³-hybridized carbons (Fsp3) is 0.833. The molecule has 5 nitrogen and oxygen atoms in total. The number of primary amides is 2. The van der Waals surface area contributed by atoms with Crippen molar-refractivity contribution < 1.29 is 14.3 Å². The Hall–Kier alpha value is -1.26. The highest BCUT2D eigenvalue weighted by atomic mass is 16.6. The van der Waals surface area contributed by atoms with E-state index < -0.39 is 11.7 Å². The number of carbonyl (C=O) groups excluding carboxylic acids is 2. The van der Waals surface area contributed by atoms with E-state index in [1.807, 2.05) is 13.8 Å². The minimum Gasteiger partial charge on any atom is -0.444 e. The van der Waals surface area contributed by atoms with E-state index in [4.69, 9.17) is 16.2 Å². The van der Waals surface area contributed by atoms with E-state index in [2.05, 4.69) is 0 Å². The molecule has 0 aromatic heterocycles. The van der Waals surface area contributed by atoms with Gasteiger partial charge in [-0.3, -0.25) is 4.79 Å². The zero-order valence-electron chi connectivity index (χ0n) is 10.6. The Balaban J connectivity index is 2.50. The van der Waals surface area contributed by atoms with Crippen molar-refractivity contribution in [2.75, 3.05) is 0 Å². The lowest BCUT2D eigenvalue weighted by molar-refractivity contribution is -0.123. The molecule has 5 heteroatoms. The molecule has 0 heterocycles. The molecule has 0 unspecified atom stereocenters. The van der Waals surface area contributed by atoms with Crippen LogP contribution in [0.4, 0.5) is 4.79 Å². The van der Waals surface area contributed by atoms with Crippen molar-refractivity contribution >= 4 is 12.0 Å². The molecule has 17 heavy (non-hydrogen) atoms. The van der Waals surface area contributed by atoms with Crippen molar-refractivity contribution in [2.24, 2.45) is 23.3 Å². The minimum atomic E-state index is -0.753. The van der Waals surface area contributed by atoms with Gasteiger partial charge in [0.25, 0.3) is 0 Å². The normalized spacial score (nSPS) is 25.3. The molecule has 1 rings (SSSR count). The summed E-state index contributed by atoms with van der Waals surface area (Å²) in [4.78, 5) is 21.9. The fourth-order valence-electron chi connectivity index (χ4n) is 2.74. The van der Waals surface area contributed by atoms with Gasteiger partial charge >= 0.3 is 6.09 Å². The second kappa shape index (κ2) is 5.38. The summed E-state index contributed by atoms with van der Waals surface area (Å²) >= 11 is 0. The van der Waals surface area contributed by atoms with E-state index in [0.717, 1.165) is 32.1 Å². The number of ether oxygens (including phenoxy) is 1. The van der Waals surface area contributed by atoms with Gasteiger partial charge in [-0.2, -0.15) is 0 Å². The lowest BCUT2D eigenvalue weighted by atomic mass is 9.76. The molecule has 1 aliphatic rings. The molecule has 1 saturated carbocycles. The highest BCUT2D eigenvalue weighted by Gasteiger charge is 2.31. The average molecular weight is 242 g/mol. The molecule has 4 N–H and O–H groups in total. The molecular formula is C12H22N2O3. The van der Waals surface area contributed by atoms with Crippen molar-refractivity contribution in [3.05, 3.63) is 0 Å². The number of rotatable bonds is 4. The summed E-state index contributed by atoms with van der Waals surface area (Å²) in [5.74, 6) is 0.122. The molecule has 0 bridgehead atoms. The number of amides is 2. The zero-order chi connectivity index (χ0) is 13.1. The summed E-state index contributed by atoms with van der Waals surface area (Å²) in [6.07, 6.45) is 3.70. The van der Waals surface area contributed by atoms with Crippen molar-refractivity contribution in [1.82, 2.24) is 0 Å². The van der Waals surface area contributed by atoms with Gasteiger partial charge in [0, 0.05) is 5.92 Å². The first kappa shape index (κ1) is 13.8. The van der Waals surface area contributed by atoms with Gasteiger partial charge in [0.1, 0.15) is 5.60 Å². The number of nitrogens with two attached hydrogens (primary N) is 2. The van der Waals surface area contributed by atoms with Crippen LogP contribution in [0.3, 0.4) is 0 Å². The number of hydrogen-bond donors (Lipinski definition) is 2. The molecule has 0 radical (unpaired) electrons. The molecule has 0 aromatic rings. The maximum absolute atomic E-state index is 11.2. The molecule has 1 aliphatic carbocycles. The van der Waals surface area contributed by atoms with Crippen LogP contribution in [0.1, 0.15) is 46.0 Å². The van der Waals surface area contributed by atoms with E-state index in [0.29, 0.717) is 5.92 Å². The summed E-state index contributed by atoms with van der Waals surface area (Å²) in [7, 11) is 0. The third kappa shape index (κ3) is 4.63. The largest absolute Gasteiger partial charge is 0.444 e. The molecule has 1 fully saturated rings. The molecular weight excluding hydrogens is 220 g/mol. The SMILES string of the molecule is CC(C)(C[C@H]1CCC[C@@H](C(N)=O)C1)OC(N)=O. The first-order valence-corrected chi connectivity index (χ1v) is 6.08. The topological polar surface area (TPSA) is 95.4 Å². The summed E-state index contributed by atoms with van der Waals surface area (Å²) in [5, 5.41) is 0. The van der Waals surface area contributed by atoms with Gasteiger partial charge in [0.15, 0.2) is 0 Å². The average Bonchev–Trinajstić information content (AvgIpc) is 2.14. The van der Waals surface area contributed by atoms with E-state index in [1.165, 1.54) is 0 Å². The van der Waals surface area contributed by atoms with Crippen LogP contribution in [-0.2, 0) is 9.53 Å². The van der Waals surface area contributed by atoms with E-state index in [1.54, 1.807) is 0 Å². The first-order valence-electron chi connectivity index (χ1n) is 6.08. The fourth-order valence-corrected chi connectivity index (χ4v) is 2.74. The lowest BCUT2D eigenvalue weighted by Crippen LogP contribution is -2.36. The van der Waals surface area contributed by atoms with Gasteiger partial charge in [0.2, 0.25) is 5.91 Å². The summed E-state index contributed by atoms with van der Waals surface area (Å²) in [6, 6.07) is 0. The van der Waals surface area contributed by atoms with Crippen LogP contribution in [-0.4, -0.2) is 17.6 Å². The molecule has 2 atom stereocenters. The number of carbonyl (C=O) groups is 2. The monoisotopic (exact) mass is 242 g/mol. The van der Waals surface area contributed by atoms with Crippen LogP contribution < -0.4 is 11.5 Å².